The van der Waals surface area contributed by atoms with Crippen LogP contribution in [0, 0.1) is 17.0 Å². The maximum atomic E-state index is 14.3. The van der Waals surface area contributed by atoms with Crippen molar-refractivity contribution in [1.82, 2.24) is 15.1 Å². The monoisotopic (exact) mass is 365 g/mol. The fourth-order valence-electron chi connectivity index (χ4n) is 4.11. The first-order valence-corrected chi connectivity index (χ1v) is 9.37. The normalized spacial score (nSPS) is 25.9. The van der Waals surface area contributed by atoms with Crippen LogP contribution in [0.5, 0.6) is 0 Å². The van der Waals surface area contributed by atoms with Gasteiger partial charge in [0.05, 0.1) is 0 Å². The lowest BCUT2D eigenvalue weighted by atomic mass is 9.87. The summed E-state index contributed by atoms with van der Waals surface area (Å²) in [4.78, 5) is 16.9. The third-order valence-electron chi connectivity index (χ3n) is 6.20. The molecular formula is C20H29F2N3O. The Balaban J connectivity index is 1.55. The quantitative estimate of drug-likeness (QED) is 0.841. The van der Waals surface area contributed by atoms with E-state index in [1.807, 2.05) is 0 Å². The smallest absolute Gasteiger partial charge is 0.221 e. The third kappa shape index (κ3) is 3.91. The summed E-state index contributed by atoms with van der Waals surface area (Å²) in [5.74, 6) is -1.10. The zero-order valence-corrected chi connectivity index (χ0v) is 15.9. The number of halogens is 2. The first kappa shape index (κ1) is 19.2. The Morgan fingerprint density at radius 2 is 1.85 bits per heavy atom. The number of carbonyl (C=O) groups excluding carboxylic acids is 1. The Bertz CT molecular complexity index is 671. The second-order valence-corrected chi connectivity index (χ2v) is 8.44. The molecule has 1 N–H and O–H groups in total. The molecule has 1 amide bonds. The molecule has 0 radical (unpaired) electrons. The Morgan fingerprint density at radius 3 is 2.42 bits per heavy atom. The number of nitrogens with zero attached hydrogens (tertiary/aromatic N) is 2. The van der Waals surface area contributed by atoms with Gasteiger partial charge in [-0.15, -0.1) is 0 Å². The molecule has 1 aliphatic heterocycles. The summed E-state index contributed by atoms with van der Waals surface area (Å²) in [6, 6.07) is 3.75. The fraction of sp³-hybridized carbons (Fsp3) is 0.650. The highest BCUT2D eigenvalue weighted by Crippen LogP contribution is 2.64. The van der Waals surface area contributed by atoms with Crippen molar-refractivity contribution < 1.29 is 13.6 Å². The number of piperazine rings is 1. The van der Waals surface area contributed by atoms with Crippen LogP contribution in [0.15, 0.2) is 18.2 Å². The minimum atomic E-state index is -0.573. The highest BCUT2D eigenvalue weighted by Gasteiger charge is 2.62. The van der Waals surface area contributed by atoms with Crippen LogP contribution in [0.25, 0.3) is 0 Å². The molecule has 0 spiro atoms. The number of hydrogen-bond acceptors (Lipinski definition) is 3. The molecule has 1 aromatic rings. The summed E-state index contributed by atoms with van der Waals surface area (Å²) < 4.78 is 27.6. The van der Waals surface area contributed by atoms with E-state index in [0.29, 0.717) is 18.5 Å². The number of carbonyl (C=O) groups is 1. The maximum absolute atomic E-state index is 14.3. The number of rotatable bonds is 6. The van der Waals surface area contributed by atoms with E-state index in [1.54, 1.807) is 0 Å². The first-order chi connectivity index (χ1) is 12.2. The van der Waals surface area contributed by atoms with Gasteiger partial charge in [-0.05, 0) is 30.5 Å². The van der Waals surface area contributed by atoms with Gasteiger partial charge in [-0.3, -0.25) is 4.79 Å². The van der Waals surface area contributed by atoms with Crippen LogP contribution in [0.3, 0.4) is 0 Å². The molecule has 1 unspecified atom stereocenters. The average molecular weight is 365 g/mol. The molecule has 1 aromatic carbocycles. The van der Waals surface area contributed by atoms with Gasteiger partial charge in [0.25, 0.3) is 0 Å². The van der Waals surface area contributed by atoms with E-state index in [1.165, 1.54) is 12.1 Å². The number of hydrogen-bond donors (Lipinski definition) is 1. The van der Waals surface area contributed by atoms with Crippen LogP contribution in [0.4, 0.5) is 8.78 Å². The summed E-state index contributed by atoms with van der Waals surface area (Å²) in [5.41, 5.74) is -0.0618. The lowest BCUT2D eigenvalue weighted by molar-refractivity contribution is -0.121. The zero-order chi connectivity index (χ0) is 18.9. The number of benzene rings is 1. The van der Waals surface area contributed by atoms with Crippen LogP contribution in [-0.4, -0.2) is 62.0 Å². The molecule has 1 saturated heterocycles. The molecule has 26 heavy (non-hydrogen) atoms. The third-order valence-corrected chi connectivity index (χ3v) is 6.20. The SMILES string of the molecule is CN1CCN(CCC(=O)NCC2(c3ccc(F)cc3F)CC2(C)C)CC1. The summed E-state index contributed by atoms with van der Waals surface area (Å²) in [7, 11) is 2.11. The Morgan fingerprint density at radius 1 is 1.19 bits per heavy atom. The molecule has 1 saturated carbocycles. The molecule has 2 fully saturated rings. The van der Waals surface area contributed by atoms with Crippen molar-refractivity contribution in [1.29, 1.82) is 0 Å². The molecule has 1 heterocycles. The predicted octanol–water partition coefficient (Wildman–Crippen LogP) is 2.39. The highest BCUT2D eigenvalue weighted by atomic mass is 19.1. The predicted molar refractivity (Wildman–Crippen MR) is 98.0 cm³/mol. The van der Waals surface area contributed by atoms with E-state index >= 15 is 0 Å². The molecule has 6 heteroatoms. The maximum Gasteiger partial charge on any atom is 0.221 e. The lowest BCUT2D eigenvalue weighted by Gasteiger charge is -2.32. The van der Waals surface area contributed by atoms with Gasteiger partial charge >= 0.3 is 0 Å². The van der Waals surface area contributed by atoms with E-state index in [2.05, 4.69) is 36.0 Å². The summed E-state index contributed by atoms with van der Waals surface area (Å²) in [6.07, 6.45) is 1.23. The summed E-state index contributed by atoms with van der Waals surface area (Å²) in [6.45, 7) is 9.30. The van der Waals surface area contributed by atoms with Crippen molar-refractivity contribution in [3.8, 4) is 0 Å². The Labute approximate surface area is 154 Å². The Hall–Kier alpha value is -1.53. The van der Waals surface area contributed by atoms with Crippen LogP contribution in [0.2, 0.25) is 0 Å². The van der Waals surface area contributed by atoms with Gasteiger partial charge in [0.15, 0.2) is 0 Å². The van der Waals surface area contributed by atoms with Crippen LogP contribution in [-0.2, 0) is 10.2 Å². The van der Waals surface area contributed by atoms with E-state index in [0.717, 1.165) is 45.2 Å². The second kappa shape index (κ2) is 7.24. The van der Waals surface area contributed by atoms with Crippen molar-refractivity contribution in [3.63, 3.8) is 0 Å². The number of amides is 1. The molecule has 2 aliphatic rings. The molecule has 144 valence electrons. The van der Waals surface area contributed by atoms with Gasteiger partial charge in [-0.1, -0.05) is 19.9 Å². The molecule has 0 aromatic heterocycles. The van der Waals surface area contributed by atoms with E-state index in [-0.39, 0.29) is 11.3 Å². The van der Waals surface area contributed by atoms with E-state index in [9.17, 15) is 13.6 Å². The van der Waals surface area contributed by atoms with Crippen molar-refractivity contribution in [2.24, 2.45) is 5.41 Å². The van der Waals surface area contributed by atoms with Gasteiger partial charge in [0.1, 0.15) is 11.6 Å². The van der Waals surface area contributed by atoms with Crippen molar-refractivity contribution >= 4 is 5.91 Å². The van der Waals surface area contributed by atoms with Gasteiger partial charge in [0.2, 0.25) is 5.91 Å². The minimum absolute atomic E-state index is 0.00600. The Kier molecular flexibility index (Phi) is 5.35. The largest absolute Gasteiger partial charge is 0.355 e. The van der Waals surface area contributed by atoms with Crippen LogP contribution >= 0.6 is 0 Å². The summed E-state index contributed by atoms with van der Waals surface area (Å²) in [5, 5.41) is 2.99. The van der Waals surface area contributed by atoms with E-state index in [4.69, 9.17) is 0 Å². The molecule has 3 rings (SSSR count). The fourth-order valence-corrected chi connectivity index (χ4v) is 4.11. The standard InChI is InChI=1S/C20H29F2N3O/c1-19(2)13-20(19,16-5-4-15(21)12-17(16)22)14-23-18(26)6-7-25-10-8-24(3)9-11-25/h4-5,12H,6-11,13-14H2,1-3H3,(H,23,26). The topological polar surface area (TPSA) is 35.6 Å². The van der Waals surface area contributed by atoms with E-state index < -0.39 is 17.0 Å². The first-order valence-electron chi connectivity index (χ1n) is 9.37. The molecule has 4 nitrogen and oxygen atoms in total. The molecule has 1 atom stereocenters. The summed E-state index contributed by atoms with van der Waals surface area (Å²) >= 11 is 0. The number of likely N-dealkylation sites (N-methyl/N-ethyl adjacent to an activating group) is 1. The van der Waals surface area contributed by atoms with Gasteiger partial charge in [-0.25, -0.2) is 8.78 Å². The average Bonchev–Trinajstić information content (AvgIpc) is 3.14. The highest BCUT2D eigenvalue weighted by molar-refractivity contribution is 5.76. The zero-order valence-electron chi connectivity index (χ0n) is 15.9. The second-order valence-electron chi connectivity index (χ2n) is 8.44. The van der Waals surface area contributed by atoms with Gasteiger partial charge in [-0.2, -0.15) is 0 Å². The molecule has 1 aliphatic carbocycles. The van der Waals surface area contributed by atoms with Crippen molar-refractivity contribution in [2.45, 2.75) is 32.1 Å². The lowest BCUT2D eigenvalue weighted by Crippen LogP contribution is -2.45. The van der Waals surface area contributed by atoms with Gasteiger partial charge in [0, 0.05) is 57.2 Å². The minimum Gasteiger partial charge on any atom is -0.355 e. The number of nitrogens with one attached hydrogen (secondary N) is 1. The van der Waals surface area contributed by atoms with Crippen LogP contribution in [0.1, 0.15) is 32.3 Å². The van der Waals surface area contributed by atoms with Gasteiger partial charge < -0.3 is 15.1 Å². The molecular weight excluding hydrogens is 336 g/mol. The van der Waals surface area contributed by atoms with Crippen molar-refractivity contribution in [3.05, 3.63) is 35.4 Å². The van der Waals surface area contributed by atoms with Crippen LogP contribution < -0.4 is 5.32 Å². The van der Waals surface area contributed by atoms with Crippen molar-refractivity contribution in [2.75, 3.05) is 46.3 Å². The molecule has 0 bridgehead atoms.